The average molecular weight is 345 g/mol. The van der Waals surface area contributed by atoms with Gasteiger partial charge >= 0.3 is 59.1 Å². The van der Waals surface area contributed by atoms with Gasteiger partial charge in [0.1, 0.15) is 18.3 Å². The second-order valence-corrected chi connectivity index (χ2v) is 5.19. The molecule has 0 aliphatic carbocycles. The summed E-state index contributed by atoms with van der Waals surface area (Å²) < 4.78 is 19.6. The molecule has 0 radical (unpaired) electrons. The maximum Gasteiger partial charge on any atom is 1.00 e. The number of ketones is 1. The number of aliphatic hydroxyl groups excluding tert-OH is 3. The summed E-state index contributed by atoms with van der Waals surface area (Å²) in [5.41, 5.74) is 5.41. The van der Waals surface area contributed by atoms with Crippen molar-refractivity contribution in [3.8, 4) is 0 Å². The van der Waals surface area contributed by atoms with E-state index in [2.05, 4.69) is 4.52 Å². The fraction of sp³-hybridized carbons (Fsp3) is 0.875. The van der Waals surface area contributed by atoms with Gasteiger partial charge in [0, 0.05) is 6.92 Å². The molecule has 1 aliphatic heterocycles. The van der Waals surface area contributed by atoms with E-state index in [1.54, 1.807) is 0 Å². The van der Waals surface area contributed by atoms with Crippen LogP contribution in [0.4, 0.5) is 0 Å². The Morgan fingerprint density at radius 1 is 1.38 bits per heavy atom. The molecule has 13 heteroatoms. The van der Waals surface area contributed by atoms with Crippen molar-refractivity contribution < 1.29 is 103 Å². The van der Waals surface area contributed by atoms with Gasteiger partial charge in [-0.15, -0.1) is 0 Å². The monoisotopic (exact) mass is 345 g/mol. The molecule has 0 aromatic heterocycles. The Balaban J connectivity index is 0. The zero-order valence-corrected chi connectivity index (χ0v) is 16.7. The Kier molecular flexibility index (Phi) is 10.8. The van der Waals surface area contributed by atoms with Crippen molar-refractivity contribution >= 4 is 13.6 Å². The molecular weight excluding hydrogens is 331 g/mol. The van der Waals surface area contributed by atoms with Crippen LogP contribution in [0.25, 0.3) is 0 Å². The molecule has 0 spiro atoms. The number of phosphoric ester groups is 1. The molecule has 1 fully saturated rings. The van der Waals surface area contributed by atoms with Crippen LogP contribution in [0.3, 0.4) is 0 Å². The Hall–Kier alpha value is 1.58. The van der Waals surface area contributed by atoms with Gasteiger partial charge in [-0.2, -0.15) is 0 Å². The molecule has 1 rings (SSSR count). The summed E-state index contributed by atoms with van der Waals surface area (Å²) in [6, 6.07) is -1.82. The van der Waals surface area contributed by atoms with Gasteiger partial charge in [0.15, 0.2) is 5.78 Å². The largest absolute Gasteiger partial charge is 1.00 e. The fourth-order valence-corrected chi connectivity index (χ4v) is 2.43. The first-order valence-electron chi connectivity index (χ1n) is 5.19. The summed E-state index contributed by atoms with van der Waals surface area (Å²) in [4.78, 5) is 32.9. The van der Waals surface area contributed by atoms with Crippen LogP contribution in [-0.2, 0) is 18.6 Å². The zero-order valence-electron chi connectivity index (χ0n) is 11.8. The number of nitrogens with two attached hydrogens (primary N) is 1. The minimum atomic E-state index is -5.67. The summed E-state index contributed by atoms with van der Waals surface area (Å²) >= 11 is 0. The number of phosphoric acid groups is 1. The second-order valence-electron chi connectivity index (χ2n) is 4.11. The zero-order chi connectivity index (χ0) is 15.0. The van der Waals surface area contributed by atoms with Gasteiger partial charge in [0.25, 0.3) is 5.79 Å². The summed E-state index contributed by atoms with van der Waals surface area (Å²) in [5.74, 6) is -3.87. The number of carbonyl (C=O) groups is 1. The first-order chi connectivity index (χ1) is 8.55. The van der Waals surface area contributed by atoms with Gasteiger partial charge in [-0.1, -0.05) is 0 Å². The topological polar surface area (TPSA) is 185 Å². The SMILES string of the molecule is CC(=O)C1(OP(=O)([O-])[O-])O[C@H](CO)[C@@H](O)[C@H](O)[C@H]1N.[Na+].[Na+]. The van der Waals surface area contributed by atoms with Crippen LogP contribution in [0.2, 0.25) is 0 Å². The van der Waals surface area contributed by atoms with Crippen molar-refractivity contribution in [2.75, 3.05) is 6.61 Å². The summed E-state index contributed by atoms with van der Waals surface area (Å²) in [5, 5.41) is 28.1. The Morgan fingerprint density at radius 3 is 2.19 bits per heavy atom. The van der Waals surface area contributed by atoms with E-state index in [0.717, 1.165) is 6.92 Å². The molecule has 5 N–H and O–H groups in total. The third-order valence-corrected chi connectivity index (χ3v) is 3.28. The standard InChI is InChI=1S/C8H16NO9P.2Na/c1-3(11)8(18-19(14,15)16)7(9)6(13)5(12)4(2-10)17-8;;/h4-7,10,12-13H,2,9H2,1H3,(H2,14,15,16);;/q;2*+1/p-2/t4-,5-,6+,7-,8?;;/m1../s1. The van der Waals surface area contributed by atoms with Crippen LogP contribution in [0.15, 0.2) is 0 Å². The van der Waals surface area contributed by atoms with Crippen molar-refractivity contribution in [2.45, 2.75) is 37.1 Å². The molecule has 1 saturated heterocycles. The van der Waals surface area contributed by atoms with Crippen LogP contribution in [0.1, 0.15) is 6.92 Å². The molecule has 0 saturated carbocycles. The van der Waals surface area contributed by atoms with E-state index >= 15 is 0 Å². The minimum Gasteiger partial charge on any atom is -0.790 e. The predicted molar refractivity (Wildman–Crippen MR) is 54.1 cm³/mol. The molecule has 5 atom stereocenters. The van der Waals surface area contributed by atoms with Gasteiger partial charge < -0.3 is 44.7 Å². The van der Waals surface area contributed by atoms with Crippen molar-refractivity contribution in [2.24, 2.45) is 5.73 Å². The molecule has 0 bridgehead atoms. The number of ether oxygens (including phenoxy) is 1. The molecule has 0 amide bonds. The van der Waals surface area contributed by atoms with E-state index < -0.39 is 50.4 Å². The maximum atomic E-state index is 11.5. The smallest absolute Gasteiger partial charge is 0.790 e. The van der Waals surface area contributed by atoms with Gasteiger partial charge in [-0.25, -0.2) is 0 Å². The van der Waals surface area contributed by atoms with Gasteiger partial charge in [0.2, 0.25) is 0 Å². The van der Waals surface area contributed by atoms with Crippen molar-refractivity contribution in [3.63, 3.8) is 0 Å². The molecule has 112 valence electrons. The quantitative estimate of drug-likeness (QED) is 0.281. The first-order valence-corrected chi connectivity index (χ1v) is 6.65. The number of hydrogen-bond donors (Lipinski definition) is 4. The maximum absolute atomic E-state index is 11.5. The Morgan fingerprint density at radius 2 is 1.86 bits per heavy atom. The molecule has 1 heterocycles. The summed E-state index contributed by atoms with van der Waals surface area (Å²) in [6.45, 7) is -0.0280. The molecule has 21 heavy (non-hydrogen) atoms. The minimum absolute atomic E-state index is 0. The summed E-state index contributed by atoms with van der Waals surface area (Å²) in [7, 11) is -5.67. The van der Waals surface area contributed by atoms with E-state index in [9.17, 15) is 29.4 Å². The van der Waals surface area contributed by atoms with E-state index in [-0.39, 0.29) is 59.1 Å². The van der Waals surface area contributed by atoms with Crippen LogP contribution < -0.4 is 74.6 Å². The number of aliphatic hydroxyl groups is 3. The average Bonchev–Trinajstić information content (AvgIpc) is 2.28. The van der Waals surface area contributed by atoms with Crippen molar-refractivity contribution in [1.29, 1.82) is 0 Å². The normalized spacial score (nSPS) is 36.3. The molecule has 1 unspecified atom stereocenters. The fourth-order valence-electron chi connectivity index (χ4n) is 1.81. The second kappa shape index (κ2) is 9.16. The van der Waals surface area contributed by atoms with E-state index in [4.69, 9.17) is 15.6 Å². The number of carbonyl (C=O) groups excluding carboxylic acids is 1. The van der Waals surface area contributed by atoms with Crippen LogP contribution in [0.5, 0.6) is 0 Å². The third kappa shape index (κ3) is 5.56. The molecular formula is C8H14NNa2O9P. The van der Waals surface area contributed by atoms with Crippen LogP contribution in [-0.4, -0.2) is 57.9 Å². The number of hydrogen-bond acceptors (Lipinski definition) is 10. The molecule has 0 aromatic carbocycles. The Bertz CT molecular complexity index is 405. The molecule has 10 nitrogen and oxygen atoms in total. The van der Waals surface area contributed by atoms with Gasteiger partial charge in [0.05, 0.1) is 20.5 Å². The van der Waals surface area contributed by atoms with Gasteiger partial charge in [-0.05, 0) is 0 Å². The van der Waals surface area contributed by atoms with E-state index in [1.807, 2.05) is 0 Å². The van der Waals surface area contributed by atoms with Crippen molar-refractivity contribution in [1.82, 2.24) is 0 Å². The van der Waals surface area contributed by atoms with E-state index in [1.165, 1.54) is 0 Å². The molecule has 1 aliphatic rings. The Labute approximate surface area is 164 Å². The van der Waals surface area contributed by atoms with Crippen LogP contribution >= 0.6 is 7.82 Å². The van der Waals surface area contributed by atoms with E-state index in [0.29, 0.717) is 0 Å². The first kappa shape index (κ1) is 24.8. The molecule has 0 aromatic rings. The number of Topliss-reactive ketones (excluding diaryl/α,β-unsaturated/α-hetero) is 1. The van der Waals surface area contributed by atoms with Crippen LogP contribution in [0, 0.1) is 0 Å². The third-order valence-electron chi connectivity index (χ3n) is 2.78. The van der Waals surface area contributed by atoms with Gasteiger partial charge in [-0.3, -0.25) is 4.79 Å². The van der Waals surface area contributed by atoms with Crippen molar-refractivity contribution in [3.05, 3.63) is 0 Å². The number of rotatable bonds is 4. The summed E-state index contributed by atoms with van der Waals surface area (Å²) in [6.07, 6.45) is -5.04. The predicted octanol–water partition coefficient (Wildman–Crippen LogP) is -10.4.